The Kier molecular flexibility index (Phi) is 7.02. The molecule has 0 saturated heterocycles. The van der Waals surface area contributed by atoms with E-state index >= 15 is 0 Å². The molecule has 1 atom stereocenters. The van der Waals surface area contributed by atoms with Crippen LogP contribution in [0.5, 0.6) is 0 Å². The minimum absolute atomic E-state index is 0.100. The van der Waals surface area contributed by atoms with Crippen LogP contribution in [0.1, 0.15) is 43.8 Å². The summed E-state index contributed by atoms with van der Waals surface area (Å²) in [6, 6.07) is 0.106. The van der Waals surface area contributed by atoms with Crippen molar-refractivity contribution in [3.05, 3.63) is 16.1 Å². The van der Waals surface area contributed by atoms with Gasteiger partial charge in [0.05, 0.1) is 10.7 Å². The molecule has 1 heterocycles. The van der Waals surface area contributed by atoms with Crippen molar-refractivity contribution in [1.29, 1.82) is 0 Å². The molecule has 1 unspecified atom stereocenters. The fourth-order valence-electron chi connectivity index (χ4n) is 2.04. The van der Waals surface area contributed by atoms with Gasteiger partial charge >= 0.3 is 0 Å². The van der Waals surface area contributed by atoms with Crippen LogP contribution in [0.15, 0.2) is 5.38 Å². The van der Waals surface area contributed by atoms with Crippen molar-refractivity contribution in [3.63, 3.8) is 0 Å². The van der Waals surface area contributed by atoms with Gasteiger partial charge in [0.25, 0.3) is 0 Å². The first-order valence-corrected chi connectivity index (χ1v) is 7.79. The summed E-state index contributed by atoms with van der Waals surface area (Å²) in [5, 5.41) is 6.15. The molecule has 0 fully saturated rings. The number of nitrogens with zero attached hydrogens (tertiary/aromatic N) is 1. The van der Waals surface area contributed by atoms with E-state index in [2.05, 4.69) is 29.5 Å². The molecule has 1 amide bonds. The molecule has 4 nitrogen and oxygen atoms in total. The van der Waals surface area contributed by atoms with Crippen LogP contribution in [0, 0.1) is 12.8 Å². The molecular weight excluding hydrogens is 258 g/mol. The molecule has 5 heteroatoms. The molecule has 1 aromatic rings. The minimum Gasteiger partial charge on any atom is -0.352 e. The van der Waals surface area contributed by atoms with Gasteiger partial charge in [0, 0.05) is 24.4 Å². The number of carbonyl (C=O) groups excluding carboxylic acids is 1. The summed E-state index contributed by atoms with van der Waals surface area (Å²) in [5.41, 5.74) is 6.76. The van der Waals surface area contributed by atoms with Crippen molar-refractivity contribution < 1.29 is 4.79 Å². The Morgan fingerprint density at radius 2 is 2.26 bits per heavy atom. The molecule has 0 bridgehead atoms. The van der Waals surface area contributed by atoms with Crippen LogP contribution < -0.4 is 11.1 Å². The number of aryl methyl sites for hydroxylation is 2. The quantitative estimate of drug-likeness (QED) is 0.769. The molecule has 1 rings (SSSR count). The lowest BCUT2D eigenvalue weighted by atomic mass is 10.0. The first-order valence-electron chi connectivity index (χ1n) is 6.91. The Morgan fingerprint density at radius 3 is 2.79 bits per heavy atom. The van der Waals surface area contributed by atoms with Gasteiger partial charge in [-0.2, -0.15) is 0 Å². The van der Waals surface area contributed by atoms with Crippen molar-refractivity contribution in [3.8, 4) is 0 Å². The van der Waals surface area contributed by atoms with Crippen LogP contribution in [-0.4, -0.2) is 23.5 Å². The van der Waals surface area contributed by atoms with E-state index in [9.17, 15) is 4.79 Å². The lowest BCUT2D eigenvalue weighted by molar-refractivity contribution is -0.121. The third-order valence-electron chi connectivity index (χ3n) is 2.91. The highest BCUT2D eigenvalue weighted by atomic mass is 32.1. The second kappa shape index (κ2) is 8.27. The Bertz CT molecular complexity index is 390. The average Bonchev–Trinajstić information content (AvgIpc) is 2.73. The third kappa shape index (κ3) is 6.68. The first-order chi connectivity index (χ1) is 9.01. The van der Waals surface area contributed by atoms with E-state index < -0.39 is 0 Å². The molecular formula is C14H25N3OS. The first kappa shape index (κ1) is 16.1. The summed E-state index contributed by atoms with van der Waals surface area (Å²) in [4.78, 5) is 16.2. The number of thiazole rings is 1. The van der Waals surface area contributed by atoms with Gasteiger partial charge in [-0.1, -0.05) is 13.8 Å². The fourth-order valence-corrected chi connectivity index (χ4v) is 2.68. The molecule has 108 valence electrons. The van der Waals surface area contributed by atoms with E-state index in [1.165, 1.54) is 0 Å². The lowest BCUT2D eigenvalue weighted by Gasteiger charge is -2.18. The van der Waals surface area contributed by atoms with Crippen LogP contribution in [-0.2, 0) is 11.2 Å². The van der Waals surface area contributed by atoms with Crippen molar-refractivity contribution >= 4 is 17.2 Å². The van der Waals surface area contributed by atoms with Gasteiger partial charge in [0.15, 0.2) is 0 Å². The number of aromatic nitrogens is 1. The van der Waals surface area contributed by atoms with Gasteiger partial charge in [-0.05, 0) is 32.1 Å². The normalized spacial score (nSPS) is 12.7. The fraction of sp³-hybridized carbons (Fsp3) is 0.714. The summed E-state index contributed by atoms with van der Waals surface area (Å²) in [5.74, 6) is 0.648. The summed E-state index contributed by atoms with van der Waals surface area (Å²) >= 11 is 1.66. The SMILES string of the molecule is Cc1nc(CCCC(=O)NC(CN)CC(C)C)cs1. The summed E-state index contributed by atoms with van der Waals surface area (Å²) in [6.45, 7) is 6.78. The zero-order chi connectivity index (χ0) is 14.3. The molecule has 0 spiro atoms. The minimum atomic E-state index is 0.100. The second-order valence-corrected chi connectivity index (χ2v) is 6.40. The molecule has 0 aliphatic rings. The maximum Gasteiger partial charge on any atom is 0.220 e. The number of nitrogens with two attached hydrogens (primary N) is 1. The summed E-state index contributed by atoms with van der Waals surface area (Å²) in [7, 11) is 0. The van der Waals surface area contributed by atoms with Gasteiger partial charge in [-0.3, -0.25) is 4.79 Å². The topological polar surface area (TPSA) is 68.0 Å². The highest BCUT2D eigenvalue weighted by Crippen LogP contribution is 2.11. The van der Waals surface area contributed by atoms with E-state index in [-0.39, 0.29) is 11.9 Å². The zero-order valence-corrected chi connectivity index (χ0v) is 12.9. The Hall–Kier alpha value is -0.940. The van der Waals surface area contributed by atoms with Gasteiger partial charge in [0.1, 0.15) is 0 Å². The maximum absolute atomic E-state index is 11.8. The highest BCUT2D eigenvalue weighted by molar-refractivity contribution is 7.09. The van der Waals surface area contributed by atoms with Crippen LogP contribution >= 0.6 is 11.3 Å². The smallest absolute Gasteiger partial charge is 0.220 e. The standard InChI is InChI=1S/C14H25N3OS/c1-10(2)7-13(8-15)17-14(18)6-4-5-12-9-19-11(3)16-12/h9-10,13H,4-8,15H2,1-3H3,(H,17,18). The molecule has 1 aromatic heterocycles. The molecule has 0 aliphatic carbocycles. The number of carbonyl (C=O) groups is 1. The molecule has 0 aromatic carbocycles. The Balaban J connectivity index is 2.23. The summed E-state index contributed by atoms with van der Waals surface area (Å²) < 4.78 is 0. The lowest BCUT2D eigenvalue weighted by Crippen LogP contribution is -2.40. The van der Waals surface area contributed by atoms with Crippen LogP contribution in [0.4, 0.5) is 0 Å². The van der Waals surface area contributed by atoms with Crippen LogP contribution in [0.2, 0.25) is 0 Å². The van der Waals surface area contributed by atoms with E-state index in [0.717, 1.165) is 30.0 Å². The Morgan fingerprint density at radius 1 is 1.53 bits per heavy atom. The van der Waals surface area contributed by atoms with Crippen LogP contribution in [0.25, 0.3) is 0 Å². The number of rotatable bonds is 8. The maximum atomic E-state index is 11.8. The number of nitrogens with one attached hydrogen (secondary N) is 1. The number of hydrogen-bond acceptors (Lipinski definition) is 4. The molecule has 0 radical (unpaired) electrons. The van der Waals surface area contributed by atoms with E-state index in [1.807, 2.05) is 6.92 Å². The van der Waals surface area contributed by atoms with Crippen molar-refractivity contribution in [2.24, 2.45) is 11.7 Å². The predicted molar refractivity (Wildman–Crippen MR) is 80.2 cm³/mol. The van der Waals surface area contributed by atoms with E-state index in [0.29, 0.717) is 18.9 Å². The molecule has 0 saturated carbocycles. The monoisotopic (exact) mass is 283 g/mol. The summed E-state index contributed by atoms with van der Waals surface area (Å²) in [6.07, 6.45) is 3.20. The van der Waals surface area contributed by atoms with Crippen molar-refractivity contribution in [2.45, 2.75) is 52.5 Å². The third-order valence-corrected chi connectivity index (χ3v) is 3.73. The van der Waals surface area contributed by atoms with Gasteiger partial charge in [-0.15, -0.1) is 11.3 Å². The Labute approximate surface area is 119 Å². The van der Waals surface area contributed by atoms with E-state index in [1.54, 1.807) is 11.3 Å². The van der Waals surface area contributed by atoms with E-state index in [4.69, 9.17) is 5.73 Å². The molecule has 3 N–H and O–H groups in total. The van der Waals surface area contributed by atoms with Gasteiger partial charge < -0.3 is 11.1 Å². The molecule has 19 heavy (non-hydrogen) atoms. The highest BCUT2D eigenvalue weighted by Gasteiger charge is 2.12. The largest absolute Gasteiger partial charge is 0.352 e. The van der Waals surface area contributed by atoms with Crippen molar-refractivity contribution in [2.75, 3.05) is 6.54 Å². The molecule has 0 aliphatic heterocycles. The van der Waals surface area contributed by atoms with Crippen molar-refractivity contribution in [1.82, 2.24) is 10.3 Å². The second-order valence-electron chi connectivity index (χ2n) is 5.34. The number of hydrogen-bond donors (Lipinski definition) is 2. The van der Waals surface area contributed by atoms with Gasteiger partial charge in [0.2, 0.25) is 5.91 Å². The van der Waals surface area contributed by atoms with Gasteiger partial charge in [-0.25, -0.2) is 4.98 Å². The average molecular weight is 283 g/mol. The van der Waals surface area contributed by atoms with Crippen LogP contribution in [0.3, 0.4) is 0 Å². The number of amides is 1. The predicted octanol–water partition coefficient (Wildman–Crippen LogP) is 2.26. The zero-order valence-electron chi connectivity index (χ0n) is 12.1.